The summed E-state index contributed by atoms with van der Waals surface area (Å²) in [5.74, 6) is -0.258. The molecule has 6 heteroatoms. The van der Waals surface area contributed by atoms with E-state index in [-0.39, 0.29) is 5.91 Å². The number of aromatic amines is 1. The summed E-state index contributed by atoms with van der Waals surface area (Å²) in [5.41, 5.74) is 6.61. The van der Waals surface area contributed by atoms with Crippen molar-refractivity contribution >= 4 is 23.7 Å². The van der Waals surface area contributed by atoms with Crippen LogP contribution in [0.25, 0.3) is 11.3 Å². The zero-order valence-electron chi connectivity index (χ0n) is 13.0. The molecule has 0 fully saturated rings. The third-order valence-corrected chi connectivity index (χ3v) is 3.70. The van der Waals surface area contributed by atoms with Gasteiger partial charge in [-0.25, -0.2) is 5.43 Å². The highest BCUT2D eigenvalue weighted by Crippen LogP contribution is 2.21. The van der Waals surface area contributed by atoms with Crippen LogP contribution in [-0.4, -0.2) is 22.3 Å². The average Bonchev–Trinajstić information content (AvgIpc) is 3.04. The van der Waals surface area contributed by atoms with Crippen LogP contribution in [0.5, 0.6) is 0 Å². The lowest BCUT2D eigenvalue weighted by Crippen LogP contribution is -2.17. The Morgan fingerprint density at radius 3 is 2.79 bits per heavy atom. The van der Waals surface area contributed by atoms with Gasteiger partial charge in [0.1, 0.15) is 0 Å². The van der Waals surface area contributed by atoms with Gasteiger partial charge in [0.05, 0.1) is 18.1 Å². The van der Waals surface area contributed by atoms with Crippen molar-refractivity contribution < 1.29 is 4.79 Å². The van der Waals surface area contributed by atoms with E-state index in [2.05, 4.69) is 20.7 Å². The molecular weight excluding hydrogens is 324 g/mol. The summed E-state index contributed by atoms with van der Waals surface area (Å²) in [7, 11) is 0. The third kappa shape index (κ3) is 3.70. The number of nitrogens with zero attached hydrogens (tertiary/aromatic N) is 2. The number of carbonyl (C=O) groups is 1. The van der Waals surface area contributed by atoms with E-state index in [0.717, 1.165) is 22.4 Å². The highest BCUT2D eigenvalue weighted by molar-refractivity contribution is 6.30. The average molecular weight is 339 g/mol. The lowest BCUT2D eigenvalue weighted by atomic mass is 10.1. The number of nitrogens with one attached hydrogen (secondary N) is 2. The standard InChI is InChI=1S/C18H15ClN4O/c1-12-3-2-4-14(9-12)18(24)23-21-11-15-10-20-22-17(15)13-5-7-16(19)8-6-13/h2-11H,1H3,(H,20,22)(H,23,24). The fourth-order valence-corrected chi connectivity index (χ4v) is 2.38. The molecule has 0 radical (unpaired) electrons. The van der Waals surface area contributed by atoms with Gasteiger partial charge < -0.3 is 0 Å². The smallest absolute Gasteiger partial charge is 0.271 e. The van der Waals surface area contributed by atoms with E-state index in [1.54, 1.807) is 30.6 Å². The van der Waals surface area contributed by atoms with Gasteiger partial charge in [-0.15, -0.1) is 0 Å². The fourth-order valence-electron chi connectivity index (χ4n) is 2.25. The molecule has 0 aliphatic rings. The molecule has 1 heterocycles. The maximum absolute atomic E-state index is 12.1. The van der Waals surface area contributed by atoms with Crippen LogP contribution >= 0.6 is 11.6 Å². The number of hydrogen-bond acceptors (Lipinski definition) is 3. The van der Waals surface area contributed by atoms with E-state index < -0.39 is 0 Å². The van der Waals surface area contributed by atoms with Gasteiger partial charge >= 0.3 is 0 Å². The molecule has 0 aliphatic carbocycles. The Balaban J connectivity index is 1.73. The van der Waals surface area contributed by atoms with Gasteiger partial charge in [0.25, 0.3) is 5.91 Å². The molecule has 0 aliphatic heterocycles. The van der Waals surface area contributed by atoms with E-state index in [1.165, 1.54) is 0 Å². The maximum Gasteiger partial charge on any atom is 0.271 e. The Morgan fingerprint density at radius 1 is 1.25 bits per heavy atom. The van der Waals surface area contributed by atoms with Crippen LogP contribution in [0.4, 0.5) is 0 Å². The SMILES string of the molecule is Cc1cccc(C(=O)NN=Cc2cn[nH]c2-c2ccc(Cl)cc2)c1. The molecule has 5 nitrogen and oxygen atoms in total. The fraction of sp³-hybridized carbons (Fsp3) is 0.0556. The number of aromatic nitrogens is 2. The van der Waals surface area contributed by atoms with Crippen molar-refractivity contribution in [3.63, 3.8) is 0 Å². The van der Waals surface area contributed by atoms with Crippen LogP contribution in [-0.2, 0) is 0 Å². The van der Waals surface area contributed by atoms with Gasteiger partial charge in [-0.2, -0.15) is 10.2 Å². The number of rotatable bonds is 4. The first-order chi connectivity index (χ1) is 11.6. The van der Waals surface area contributed by atoms with Gasteiger partial charge in [0.2, 0.25) is 0 Å². The molecule has 2 N–H and O–H groups in total. The van der Waals surface area contributed by atoms with Gasteiger partial charge in [-0.1, -0.05) is 41.4 Å². The van der Waals surface area contributed by atoms with Crippen LogP contribution in [0, 0.1) is 6.92 Å². The molecule has 0 spiro atoms. The molecule has 3 aromatic rings. The van der Waals surface area contributed by atoms with E-state index in [4.69, 9.17) is 11.6 Å². The first-order valence-electron chi connectivity index (χ1n) is 7.33. The van der Waals surface area contributed by atoms with E-state index in [1.807, 2.05) is 37.3 Å². The normalized spacial score (nSPS) is 10.9. The van der Waals surface area contributed by atoms with Crippen LogP contribution in [0.1, 0.15) is 21.5 Å². The third-order valence-electron chi connectivity index (χ3n) is 3.45. The zero-order chi connectivity index (χ0) is 16.9. The number of benzene rings is 2. The summed E-state index contributed by atoms with van der Waals surface area (Å²) in [6.45, 7) is 1.93. The van der Waals surface area contributed by atoms with Gasteiger partial charge in [-0.05, 0) is 31.2 Å². The summed E-state index contributed by atoms with van der Waals surface area (Å²) in [6.07, 6.45) is 3.20. The predicted octanol–water partition coefficient (Wildman–Crippen LogP) is 3.80. The second kappa shape index (κ2) is 7.10. The van der Waals surface area contributed by atoms with Crippen molar-refractivity contribution in [2.24, 2.45) is 5.10 Å². The van der Waals surface area contributed by atoms with Crippen LogP contribution in [0.3, 0.4) is 0 Å². The van der Waals surface area contributed by atoms with E-state index >= 15 is 0 Å². The topological polar surface area (TPSA) is 70.1 Å². The van der Waals surface area contributed by atoms with Crippen molar-refractivity contribution in [2.45, 2.75) is 6.92 Å². The molecule has 0 unspecified atom stereocenters. The summed E-state index contributed by atoms with van der Waals surface area (Å²) < 4.78 is 0. The monoisotopic (exact) mass is 338 g/mol. The van der Waals surface area contributed by atoms with Crippen LogP contribution in [0.15, 0.2) is 59.8 Å². The zero-order valence-corrected chi connectivity index (χ0v) is 13.7. The van der Waals surface area contributed by atoms with Crippen molar-refractivity contribution in [1.29, 1.82) is 0 Å². The second-order valence-corrected chi connectivity index (χ2v) is 5.71. The Bertz CT molecular complexity index is 884. The Hall–Kier alpha value is -2.92. The number of aryl methyl sites for hydroxylation is 1. The molecule has 2 aromatic carbocycles. The van der Waals surface area contributed by atoms with Crippen molar-refractivity contribution in [2.75, 3.05) is 0 Å². The Kier molecular flexibility index (Phi) is 4.72. The van der Waals surface area contributed by atoms with Gasteiger partial charge in [0.15, 0.2) is 0 Å². The Morgan fingerprint density at radius 2 is 2.04 bits per heavy atom. The largest absolute Gasteiger partial charge is 0.277 e. The Labute approximate surface area is 144 Å². The summed E-state index contributed by atoms with van der Waals surface area (Å²) in [5, 5.41) is 11.6. The minimum Gasteiger partial charge on any atom is -0.277 e. The van der Waals surface area contributed by atoms with Gasteiger partial charge in [-0.3, -0.25) is 9.89 Å². The lowest BCUT2D eigenvalue weighted by molar-refractivity contribution is 0.0955. The number of carbonyl (C=O) groups excluding carboxylic acids is 1. The first kappa shape index (κ1) is 16.0. The van der Waals surface area contributed by atoms with Crippen molar-refractivity contribution in [3.8, 4) is 11.3 Å². The molecule has 0 atom stereocenters. The molecule has 0 saturated carbocycles. The molecular formula is C18H15ClN4O. The molecule has 24 heavy (non-hydrogen) atoms. The molecule has 120 valence electrons. The lowest BCUT2D eigenvalue weighted by Gasteiger charge is -2.01. The van der Waals surface area contributed by atoms with E-state index in [0.29, 0.717) is 10.6 Å². The number of hydrogen-bond donors (Lipinski definition) is 2. The number of halogens is 1. The predicted molar refractivity (Wildman–Crippen MR) is 95.3 cm³/mol. The molecule has 1 aromatic heterocycles. The second-order valence-electron chi connectivity index (χ2n) is 5.28. The molecule has 0 bridgehead atoms. The minimum absolute atomic E-state index is 0.258. The highest BCUT2D eigenvalue weighted by Gasteiger charge is 2.07. The number of hydrazone groups is 1. The highest BCUT2D eigenvalue weighted by atomic mass is 35.5. The molecule has 3 rings (SSSR count). The summed E-state index contributed by atoms with van der Waals surface area (Å²) >= 11 is 5.90. The molecule has 1 amide bonds. The van der Waals surface area contributed by atoms with E-state index in [9.17, 15) is 4.79 Å². The number of amides is 1. The first-order valence-corrected chi connectivity index (χ1v) is 7.70. The van der Waals surface area contributed by atoms with Gasteiger partial charge in [0, 0.05) is 21.7 Å². The molecule has 0 saturated heterocycles. The minimum atomic E-state index is -0.258. The van der Waals surface area contributed by atoms with Crippen molar-refractivity contribution in [3.05, 3.63) is 76.4 Å². The maximum atomic E-state index is 12.1. The van der Waals surface area contributed by atoms with Crippen LogP contribution in [0.2, 0.25) is 5.02 Å². The number of H-pyrrole nitrogens is 1. The summed E-state index contributed by atoms with van der Waals surface area (Å²) in [4.78, 5) is 12.1. The quantitative estimate of drug-likeness (QED) is 0.561. The van der Waals surface area contributed by atoms with Crippen LogP contribution < -0.4 is 5.43 Å². The summed E-state index contributed by atoms with van der Waals surface area (Å²) in [6, 6.07) is 14.7. The van der Waals surface area contributed by atoms with Crippen molar-refractivity contribution in [1.82, 2.24) is 15.6 Å².